The minimum atomic E-state index is -0.118. The molecule has 6 heteroatoms. The molecule has 0 spiro atoms. The average Bonchev–Trinajstić information content (AvgIpc) is 2.72. The van der Waals surface area contributed by atoms with Crippen LogP contribution in [0.5, 0.6) is 0 Å². The van der Waals surface area contributed by atoms with E-state index < -0.39 is 0 Å². The summed E-state index contributed by atoms with van der Waals surface area (Å²) < 4.78 is 0. The molecule has 2 aromatic carbocycles. The Morgan fingerprint density at radius 1 is 1.00 bits per heavy atom. The van der Waals surface area contributed by atoms with Crippen LogP contribution < -0.4 is 20.4 Å². The van der Waals surface area contributed by atoms with E-state index in [2.05, 4.69) is 15.5 Å². The van der Waals surface area contributed by atoms with Gasteiger partial charge >= 0.3 is 0 Å². The van der Waals surface area contributed by atoms with Crippen LogP contribution in [0, 0.1) is 0 Å². The number of benzene rings is 2. The van der Waals surface area contributed by atoms with E-state index in [1.165, 1.54) is 13.3 Å². The molecule has 0 radical (unpaired) electrons. The van der Waals surface area contributed by atoms with Gasteiger partial charge in [-0.05, 0) is 55.2 Å². The predicted molar refractivity (Wildman–Crippen MR) is 119 cm³/mol. The molecule has 3 rings (SSSR count). The van der Waals surface area contributed by atoms with Crippen LogP contribution in [-0.4, -0.2) is 39.0 Å². The largest absolute Gasteiger partial charge is 0.378 e. The number of rotatable bonds is 6. The maximum Gasteiger partial charge on any atom is 0.253 e. The molecule has 0 saturated carbocycles. The predicted octanol–water partition coefficient (Wildman–Crippen LogP) is 3.63. The Hall–Kier alpha value is -3.02. The summed E-state index contributed by atoms with van der Waals surface area (Å²) >= 11 is 0. The fraction of sp³-hybridized carbons (Fsp3) is 0.391. The van der Waals surface area contributed by atoms with Gasteiger partial charge in [-0.3, -0.25) is 9.59 Å². The Kier molecular flexibility index (Phi) is 6.75. The SMILES string of the molecule is CC(=O)Nc1ccc(C(=O)NCc2ccc(N(C)C)cc2)c(N2CCCCC2)c1. The van der Waals surface area contributed by atoms with Gasteiger partial charge in [0.15, 0.2) is 0 Å². The molecule has 2 N–H and O–H groups in total. The lowest BCUT2D eigenvalue weighted by atomic mass is 10.1. The number of hydrogen-bond donors (Lipinski definition) is 2. The lowest BCUT2D eigenvalue weighted by Crippen LogP contribution is -2.32. The van der Waals surface area contributed by atoms with Crippen LogP contribution in [0.25, 0.3) is 0 Å². The number of carbonyl (C=O) groups excluding carboxylic acids is 2. The molecule has 0 unspecified atom stereocenters. The fourth-order valence-corrected chi connectivity index (χ4v) is 3.59. The van der Waals surface area contributed by atoms with Gasteiger partial charge in [-0.15, -0.1) is 0 Å². The number of carbonyl (C=O) groups is 2. The third-order valence-corrected chi connectivity index (χ3v) is 5.17. The standard InChI is InChI=1S/C23H30N4O2/c1-17(28)25-19-9-12-21(22(15-19)27-13-5-4-6-14-27)23(29)24-16-18-7-10-20(11-8-18)26(2)3/h7-12,15H,4-6,13-14,16H2,1-3H3,(H,24,29)(H,25,28). The highest BCUT2D eigenvalue weighted by Crippen LogP contribution is 2.28. The van der Waals surface area contributed by atoms with Crippen molar-refractivity contribution in [1.29, 1.82) is 0 Å². The topological polar surface area (TPSA) is 64.7 Å². The van der Waals surface area contributed by atoms with Gasteiger partial charge in [-0.2, -0.15) is 0 Å². The van der Waals surface area contributed by atoms with E-state index in [9.17, 15) is 9.59 Å². The minimum absolute atomic E-state index is 0.100. The van der Waals surface area contributed by atoms with Crippen LogP contribution in [-0.2, 0) is 11.3 Å². The first kappa shape index (κ1) is 20.7. The summed E-state index contributed by atoms with van der Waals surface area (Å²) in [5.74, 6) is -0.218. The fourth-order valence-electron chi connectivity index (χ4n) is 3.59. The first-order chi connectivity index (χ1) is 13.9. The second-order valence-electron chi connectivity index (χ2n) is 7.70. The first-order valence-electron chi connectivity index (χ1n) is 10.1. The second-order valence-corrected chi connectivity index (χ2v) is 7.70. The molecule has 1 fully saturated rings. The van der Waals surface area contributed by atoms with Crippen molar-refractivity contribution in [3.8, 4) is 0 Å². The molecule has 0 aromatic heterocycles. The van der Waals surface area contributed by atoms with Gasteiger partial charge < -0.3 is 20.4 Å². The zero-order valence-electron chi connectivity index (χ0n) is 17.5. The quantitative estimate of drug-likeness (QED) is 0.785. The molecule has 6 nitrogen and oxygen atoms in total. The van der Waals surface area contributed by atoms with Gasteiger partial charge in [0, 0.05) is 52.0 Å². The number of piperidine rings is 1. The van der Waals surface area contributed by atoms with Crippen molar-refractivity contribution >= 4 is 28.9 Å². The zero-order chi connectivity index (χ0) is 20.8. The number of nitrogens with zero attached hydrogens (tertiary/aromatic N) is 2. The van der Waals surface area contributed by atoms with Crippen molar-refractivity contribution in [3.05, 3.63) is 53.6 Å². The summed E-state index contributed by atoms with van der Waals surface area (Å²) in [4.78, 5) is 28.7. The molecule has 1 heterocycles. The van der Waals surface area contributed by atoms with Crippen LogP contribution in [0.15, 0.2) is 42.5 Å². The maximum atomic E-state index is 13.0. The number of anilines is 3. The van der Waals surface area contributed by atoms with Crippen molar-refractivity contribution in [3.63, 3.8) is 0 Å². The van der Waals surface area contributed by atoms with Gasteiger partial charge in [-0.25, -0.2) is 0 Å². The molecule has 0 aliphatic carbocycles. The van der Waals surface area contributed by atoms with E-state index in [-0.39, 0.29) is 11.8 Å². The van der Waals surface area contributed by atoms with Gasteiger partial charge in [-0.1, -0.05) is 12.1 Å². The van der Waals surface area contributed by atoms with Crippen molar-refractivity contribution in [2.24, 2.45) is 0 Å². The van der Waals surface area contributed by atoms with Crippen molar-refractivity contribution < 1.29 is 9.59 Å². The molecular formula is C23H30N4O2. The third-order valence-electron chi connectivity index (χ3n) is 5.17. The van der Waals surface area contributed by atoms with Crippen molar-refractivity contribution in [1.82, 2.24) is 5.32 Å². The summed E-state index contributed by atoms with van der Waals surface area (Å²) in [5, 5.41) is 5.86. The summed E-state index contributed by atoms with van der Waals surface area (Å²) in [6.45, 7) is 3.81. The highest BCUT2D eigenvalue weighted by atomic mass is 16.2. The lowest BCUT2D eigenvalue weighted by Gasteiger charge is -2.30. The summed E-state index contributed by atoms with van der Waals surface area (Å²) in [7, 11) is 4.01. The molecule has 29 heavy (non-hydrogen) atoms. The molecule has 154 valence electrons. The normalized spacial score (nSPS) is 13.7. The smallest absolute Gasteiger partial charge is 0.253 e. The highest BCUT2D eigenvalue weighted by molar-refractivity contribution is 6.01. The maximum absolute atomic E-state index is 13.0. The molecule has 0 atom stereocenters. The van der Waals surface area contributed by atoms with E-state index in [1.54, 1.807) is 12.1 Å². The van der Waals surface area contributed by atoms with Gasteiger partial charge in [0.1, 0.15) is 0 Å². The third kappa shape index (κ3) is 5.50. The molecule has 1 aliphatic rings. The van der Waals surface area contributed by atoms with Gasteiger partial charge in [0.25, 0.3) is 5.91 Å². The van der Waals surface area contributed by atoms with Crippen LogP contribution in [0.1, 0.15) is 42.1 Å². The molecule has 2 amide bonds. The molecule has 2 aromatic rings. The highest BCUT2D eigenvalue weighted by Gasteiger charge is 2.19. The van der Waals surface area contributed by atoms with E-state index in [0.717, 1.165) is 42.9 Å². The van der Waals surface area contributed by atoms with E-state index >= 15 is 0 Å². The van der Waals surface area contributed by atoms with Crippen LogP contribution in [0.3, 0.4) is 0 Å². The van der Waals surface area contributed by atoms with Gasteiger partial charge in [0.2, 0.25) is 5.91 Å². The summed E-state index contributed by atoms with van der Waals surface area (Å²) in [6, 6.07) is 13.6. The minimum Gasteiger partial charge on any atom is -0.378 e. The zero-order valence-corrected chi connectivity index (χ0v) is 17.5. The Morgan fingerprint density at radius 2 is 1.69 bits per heavy atom. The van der Waals surface area contributed by atoms with Crippen molar-refractivity contribution in [2.45, 2.75) is 32.7 Å². The van der Waals surface area contributed by atoms with Crippen molar-refractivity contribution in [2.75, 3.05) is 42.3 Å². The second kappa shape index (κ2) is 9.45. The summed E-state index contributed by atoms with van der Waals surface area (Å²) in [5.41, 5.74) is 4.43. The number of hydrogen-bond acceptors (Lipinski definition) is 4. The number of amides is 2. The van der Waals surface area contributed by atoms with Crippen LogP contribution >= 0.6 is 0 Å². The number of nitrogens with one attached hydrogen (secondary N) is 2. The van der Waals surface area contributed by atoms with E-state index in [0.29, 0.717) is 17.8 Å². The van der Waals surface area contributed by atoms with E-state index in [1.807, 2.05) is 49.3 Å². The molecule has 1 aliphatic heterocycles. The first-order valence-corrected chi connectivity index (χ1v) is 10.1. The molecule has 0 bridgehead atoms. The molecule has 1 saturated heterocycles. The molecular weight excluding hydrogens is 364 g/mol. The Morgan fingerprint density at radius 3 is 2.31 bits per heavy atom. The monoisotopic (exact) mass is 394 g/mol. The van der Waals surface area contributed by atoms with Gasteiger partial charge in [0.05, 0.1) is 11.3 Å². The Bertz CT molecular complexity index is 856. The van der Waals surface area contributed by atoms with E-state index in [4.69, 9.17) is 0 Å². The van der Waals surface area contributed by atoms with Crippen LogP contribution in [0.2, 0.25) is 0 Å². The average molecular weight is 395 g/mol. The Labute approximate surface area is 172 Å². The Balaban J connectivity index is 1.76. The lowest BCUT2D eigenvalue weighted by molar-refractivity contribution is -0.114. The van der Waals surface area contributed by atoms with Crippen LogP contribution in [0.4, 0.5) is 17.1 Å². The summed E-state index contributed by atoms with van der Waals surface area (Å²) in [6.07, 6.45) is 3.44.